The van der Waals surface area contributed by atoms with Crippen molar-refractivity contribution in [3.8, 4) is 0 Å². The number of ketones is 1. The molecule has 0 radical (unpaired) electrons. The predicted molar refractivity (Wildman–Crippen MR) is 106 cm³/mol. The van der Waals surface area contributed by atoms with Crippen molar-refractivity contribution < 1.29 is 33.4 Å². The number of rotatable bonds is 8. The van der Waals surface area contributed by atoms with E-state index in [-0.39, 0.29) is 13.2 Å². The minimum atomic E-state index is -1.51. The number of piperidine rings is 1. The summed E-state index contributed by atoms with van der Waals surface area (Å²) in [6.45, 7) is -1.33. The number of aliphatic carboxylic acids is 1. The van der Waals surface area contributed by atoms with E-state index in [1.165, 1.54) is 4.90 Å². The molecule has 11 heteroatoms. The molecule has 1 aromatic rings. The van der Waals surface area contributed by atoms with Gasteiger partial charge in [0.25, 0.3) is 0 Å². The number of hydrogen-bond acceptors (Lipinski definition) is 5. The van der Waals surface area contributed by atoms with Crippen LogP contribution in [0, 0.1) is 0 Å². The molecule has 0 saturated carbocycles. The van der Waals surface area contributed by atoms with E-state index in [0.717, 1.165) is 0 Å². The first-order valence-corrected chi connectivity index (χ1v) is 9.96. The SMILES string of the molecule is O=C(O)C[C@H](NC(=O)[C@@H]1CCCCN1C(=O)OCc1cc(Cl)ccc1Cl)C(=O)CF. The fourth-order valence-corrected chi connectivity index (χ4v) is 3.45. The van der Waals surface area contributed by atoms with Gasteiger partial charge in [0.15, 0.2) is 5.78 Å². The van der Waals surface area contributed by atoms with Crippen LogP contribution in [0.5, 0.6) is 0 Å². The number of ether oxygens (including phenoxy) is 1. The lowest BCUT2D eigenvalue weighted by Gasteiger charge is -2.34. The Bertz CT molecular complexity index is 822. The highest BCUT2D eigenvalue weighted by atomic mass is 35.5. The number of amides is 2. The van der Waals surface area contributed by atoms with Crippen LogP contribution in [0.15, 0.2) is 18.2 Å². The molecule has 2 N–H and O–H groups in total. The van der Waals surface area contributed by atoms with Crippen molar-refractivity contribution in [1.82, 2.24) is 10.2 Å². The fourth-order valence-electron chi connectivity index (χ4n) is 3.08. The number of nitrogens with one attached hydrogen (secondary N) is 1. The van der Waals surface area contributed by atoms with Gasteiger partial charge in [-0.05, 0) is 37.5 Å². The number of hydrogen-bond donors (Lipinski definition) is 2. The molecule has 2 amide bonds. The highest BCUT2D eigenvalue weighted by molar-refractivity contribution is 6.33. The van der Waals surface area contributed by atoms with Crippen molar-refractivity contribution in [2.75, 3.05) is 13.2 Å². The Kier molecular flexibility index (Phi) is 8.86. The number of carbonyl (C=O) groups is 4. The zero-order chi connectivity index (χ0) is 22.3. The van der Waals surface area contributed by atoms with Crippen molar-refractivity contribution in [3.63, 3.8) is 0 Å². The van der Waals surface area contributed by atoms with Crippen LogP contribution in [-0.4, -0.2) is 59.1 Å². The first kappa shape index (κ1) is 23.9. The van der Waals surface area contributed by atoms with Crippen molar-refractivity contribution in [3.05, 3.63) is 33.8 Å². The fraction of sp³-hybridized carbons (Fsp3) is 0.474. The number of alkyl halides is 1. The number of carbonyl (C=O) groups excluding carboxylic acids is 3. The normalized spacial score (nSPS) is 17.2. The molecule has 0 unspecified atom stereocenters. The Labute approximate surface area is 182 Å². The summed E-state index contributed by atoms with van der Waals surface area (Å²) in [7, 11) is 0. The zero-order valence-corrected chi connectivity index (χ0v) is 17.4. The summed E-state index contributed by atoms with van der Waals surface area (Å²) >= 11 is 12.0. The van der Waals surface area contributed by atoms with Crippen LogP contribution < -0.4 is 5.32 Å². The third kappa shape index (κ3) is 6.56. The molecule has 2 atom stereocenters. The number of carboxylic acids is 1. The first-order valence-electron chi connectivity index (χ1n) is 9.21. The molecule has 30 heavy (non-hydrogen) atoms. The second-order valence-corrected chi connectivity index (χ2v) is 7.60. The molecule has 1 aromatic carbocycles. The maximum Gasteiger partial charge on any atom is 0.410 e. The van der Waals surface area contributed by atoms with Crippen molar-refractivity contribution in [1.29, 1.82) is 0 Å². The molecule has 2 rings (SSSR count). The lowest BCUT2D eigenvalue weighted by Crippen LogP contribution is -2.55. The van der Waals surface area contributed by atoms with E-state index in [1.54, 1.807) is 18.2 Å². The van der Waals surface area contributed by atoms with E-state index in [1.807, 2.05) is 0 Å². The number of benzene rings is 1. The number of Topliss-reactive ketones (excluding diaryl/α,β-unsaturated/α-hetero) is 1. The van der Waals surface area contributed by atoms with Crippen LogP contribution in [0.1, 0.15) is 31.2 Å². The lowest BCUT2D eigenvalue weighted by molar-refractivity contribution is -0.140. The summed E-state index contributed by atoms with van der Waals surface area (Å²) in [5.41, 5.74) is 0.491. The van der Waals surface area contributed by atoms with Crippen LogP contribution in [-0.2, 0) is 25.7 Å². The van der Waals surface area contributed by atoms with Gasteiger partial charge in [0, 0.05) is 22.2 Å². The highest BCUT2D eigenvalue weighted by Gasteiger charge is 2.35. The second-order valence-electron chi connectivity index (χ2n) is 6.75. The summed E-state index contributed by atoms with van der Waals surface area (Å²) < 4.78 is 18.0. The van der Waals surface area contributed by atoms with Gasteiger partial charge in [-0.1, -0.05) is 23.2 Å². The van der Waals surface area contributed by atoms with E-state index in [0.29, 0.717) is 34.9 Å². The van der Waals surface area contributed by atoms with Crippen LogP contribution in [0.4, 0.5) is 9.18 Å². The van der Waals surface area contributed by atoms with Gasteiger partial charge in [0.2, 0.25) is 5.91 Å². The molecule has 1 saturated heterocycles. The molecule has 1 heterocycles. The highest BCUT2D eigenvalue weighted by Crippen LogP contribution is 2.23. The van der Waals surface area contributed by atoms with Gasteiger partial charge in [-0.15, -0.1) is 0 Å². The van der Waals surface area contributed by atoms with Gasteiger partial charge in [-0.25, -0.2) is 9.18 Å². The van der Waals surface area contributed by atoms with Crippen LogP contribution in [0.2, 0.25) is 10.0 Å². The van der Waals surface area contributed by atoms with Crippen LogP contribution in [0.3, 0.4) is 0 Å². The molecule has 0 bridgehead atoms. The zero-order valence-electron chi connectivity index (χ0n) is 15.9. The maximum absolute atomic E-state index is 12.7. The van der Waals surface area contributed by atoms with Gasteiger partial charge >= 0.3 is 12.1 Å². The lowest BCUT2D eigenvalue weighted by atomic mass is 10.0. The van der Waals surface area contributed by atoms with Crippen LogP contribution in [0.25, 0.3) is 0 Å². The molecule has 0 aliphatic carbocycles. The second kappa shape index (κ2) is 11.1. The number of carboxylic acid groups (broad SMARTS) is 1. The minimum absolute atomic E-state index is 0.162. The molecular weight excluding hydrogens is 442 g/mol. The van der Waals surface area contributed by atoms with Crippen LogP contribution >= 0.6 is 23.2 Å². The smallest absolute Gasteiger partial charge is 0.410 e. The Hall–Kier alpha value is -2.39. The minimum Gasteiger partial charge on any atom is -0.481 e. The number of halogens is 3. The van der Waals surface area contributed by atoms with Gasteiger partial charge in [-0.2, -0.15) is 0 Å². The van der Waals surface area contributed by atoms with E-state index in [4.69, 9.17) is 33.0 Å². The molecular formula is C19H21Cl2FN2O6. The topological polar surface area (TPSA) is 113 Å². The summed E-state index contributed by atoms with van der Waals surface area (Å²) in [6, 6.07) is 2.23. The maximum atomic E-state index is 12.7. The van der Waals surface area contributed by atoms with Gasteiger partial charge in [0.1, 0.15) is 25.4 Å². The predicted octanol–water partition coefficient (Wildman–Crippen LogP) is 2.98. The van der Waals surface area contributed by atoms with Crippen molar-refractivity contribution >= 4 is 47.0 Å². The van der Waals surface area contributed by atoms with E-state index in [9.17, 15) is 23.6 Å². The Morgan fingerprint density at radius 2 is 2.00 bits per heavy atom. The molecule has 1 fully saturated rings. The average molecular weight is 463 g/mol. The summed E-state index contributed by atoms with van der Waals surface area (Å²) in [4.78, 5) is 48.9. The summed E-state index contributed by atoms with van der Waals surface area (Å²) in [5, 5.41) is 11.9. The Morgan fingerprint density at radius 1 is 1.27 bits per heavy atom. The first-order chi connectivity index (χ1) is 14.2. The van der Waals surface area contributed by atoms with E-state index in [2.05, 4.69) is 5.32 Å². The third-order valence-electron chi connectivity index (χ3n) is 4.61. The monoisotopic (exact) mass is 462 g/mol. The molecule has 0 spiro atoms. The molecule has 8 nitrogen and oxygen atoms in total. The van der Waals surface area contributed by atoms with Gasteiger partial charge < -0.3 is 15.2 Å². The van der Waals surface area contributed by atoms with Gasteiger partial charge in [-0.3, -0.25) is 19.3 Å². The summed E-state index contributed by atoms with van der Waals surface area (Å²) in [6.07, 6.45) is 0.0560. The standard InChI is InChI=1S/C19H21Cl2FN2O6/c20-12-4-5-13(21)11(7-12)10-30-19(29)24-6-2-1-3-15(24)18(28)23-14(8-17(26)27)16(25)9-22/h4-5,7,14-15H,1-3,6,8-10H2,(H,23,28)(H,26,27)/t14-,15-/m0/s1. The third-order valence-corrected chi connectivity index (χ3v) is 5.22. The van der Waals surface area contributed by atoms with Gasteiger partial charge in [0.05, 0.1) is 6.42 Å². The molecule has 164 valence electrons. The molecule has 1 aliphatic rings. The van der Waals surface area contributed by atoms with Crippen molar-refractivity contribution in [2.45, 2.75) is 44.4 Å². The summed E-state index contributed by atoms with van der Waals surface area (Å²) in [5.74, 6) is -3.15. The Morgan fingerprint density at radius 3 is 2.67 bits per heavy atom. The Balaban J connectivity index is 2.05. The quantitative estimate of drug-likeness (QED) is 0.613. The number of nitrogens with zero attached hydrogens (tertiary/aromatic N) is 1. The average Bonchev–Trinajstić information content (AvgIpc) is 2.72. The largest absolute Gasteiger partial charge is 0.481 e. The molecule has 0 aromatic heterocycles. The van der Waals surface area contributed by atoms with E-state index < -0.39 is 48.9 Å². The molecule has 1 aliphatic heterocycles. The van der Waals surface area contributed by atoms with E-state index >= 15 is 0 Å². The number of likely N-dealkylation sites (tertiary alicyclic amines) is 1. The van der Waals surface area contributed by atoms with Crippen molar-refractivity contribution in [2.24, 2.45) is 0 Å².